The Morgan fingerprint density at radius 2 is 1.90 bits per heavy atom. The summed E-state index contributed by atoms with van der Waals surface area (Å²) in [7, 11) is 3.14. The van der Waals surface area contributed by atoms with E-state index in [1.165, 1.54) is 24.1 Å². The number of methoxy groups -OCH3 is 1. The number of nitriles is 1. The van der Waals surface area contributed by atoms with E-state index in [9.17, 15) is 8.78 Å². The van der Waals surface area contributed by atoms with Crippen molar-refractivity contribution in [3.8, 4) is 11.8 Å². The van der Waals surface area contributed by atoms with Crippen LogP contribution in [0.15, 0.2) is 36.4 Å². The van der Waals surface area contributed by atoms with Crippen LogP contribution >= 0.6 is 0 Å². The number of ether oxygens (including phenoxy) is 1. The summed E-state index contributed by atoms with van der Waals surface area (Å²) >= 11 is 0. The van der Waals surface area contributed by atoms with Gasteiger partial charge in [0.25, 0.3) is 0 Å². The molecule has 0 bridgehead atoms. The molecule has 0 aliphatic rings. The first-order chi connectivity index (χ1) is 9.58. The van der Waals surface area contributed by atoms with Crippen molar-refractivity contribution in [1.82, 2.24) is 0 Å². The SMILES string of the molecule is COc1cccc(N(C)c2ccc(C#N)c(F)c2F)c1. The second-order valence-corrected chi connectivity index (χ2v) is 4.13. The van der Waals surface area contributed by atoms with Gasteiger partial charge in [-0.2, -0.15) is 5.26 Å². The molecule has 0 atom stereocenters. The van der Waals surface area contributed by atoms with Crippen LogP contribution in [0.5, 0.6) is 5.75 Å². The van der Waals surface area contributed by atoms with Gasteiger partial charge >= 0.3 is 0 Å². The van der Waals surface area contributed by atoms with Gasteiger partial charge in [0.15, 0.2) is 11.6 Å². The molecule has 0 aliphatic heterocycles. The summed E-state index contributed by atoms with van der Waals surface area (Å²) in [6, 6.07) is 11.2. The van der Waals surface area contributed by atoms with Gasteiger partial charge in [-0.05, 0) is 24.3 Å². The van der Waals surface area contributed by atoms with Gasteiger partial charge in [-0.15, -0.1) is 0 Å². The Kier molecular flexibility index (Phi) is 3.85. The quantitative estimate of drug-likeness (QED) is 0.857. The van der Waals surface area contributed by atoms with Crippen molar-refractivity contribution < 1.29 is 13.5 Å². The molecule has 0 fully saturated rings. The highest BCUT2D eigenvalue weighted by Crippen LogP contribution is 2.30. The molecule has 102 valence electrons. The molecule has 0 aliphatic carbocycles. The molecule has 3 nitrogen and oxygen atoms in total. The lowest BCUT2D eigenvalue weighted by molar-refractivity contribution is 0.415. The van der Waals surface area contributed by atoms with Gasteiger partial charge in [0.05, 0.1) is 18.4 Å². The fourth-order valence-corrected chi connectivity index (χ4v) is 1.84. The number of rotatable bonds is 3. The Hall–Kier alpha value is -2.61. The lowest BCUT2D eigenvalue weighted by Crippen LogP contribution is -2.12. The third-order valence-corrected chi connectivity index (χ3v) is 2.98. The van der Waals surface area contributed by atoms with Crippen LogP contribution in [0.3, 0.4) is 0 Å². The van der Waals surface area contributed by atoms with Crippen LogP contribution in [0, 0.1) is 23.0 Å². The highest BCUT2D eigenvalue weighted by Gasteiger charge is 2.17. The van der Waals surface area contributed by atoms with E-state index in [0.717, 1.165) is 0 Å². The first kappa shape index (κ1) is 13.8. The highest BCUT2D eigenvalue weighted by molar-refractivity contribution is 5.65. The van der Waals surface area contributed by atoms with Crippen LogP contribution in [0.4, 0.5) is 20.2 Å². The van der Waals surface area contributed by atoms with Gasteiger partial charge in [0.1, 0.15) is 11.8 Å². The summed E-state index contributed by atoms with van der Waals surface area (Å²) < 4.78 is 32.7. The summed E-state index contributed by atoms with van der Waals surface area (Å²) in [5.41, 5.74) is 0.382. The van der Waals surface area contributed by atoms with Crippen molar-refractivity contribution in [1.29, 1.82) is 5.26 Å². The van der Waals surface area contributed by atoms with Crippen LogP contribution < -0.4 is 9.64 Å². The zero-order valence-electron chi connectivity index (χ0n) is 11.0. The third kappa shape index (κ3) is 2.41. The van der Waals surface area contributed by atoms with Gasteiger partial charge in [-0.1, -0.05) is 6.07 Å². The molecule has 0 saturated heterocycles. The zero-order chi connectivity index (χ0) is 14.7. The first-order valence-corrected chi connectivity index (χ1v) is 5.84. The standard InChI is InChI=1S/C15H12F2N2O/c1-19(11-4-3-5-12(8-11)20-2)13-7-6-10(9-18)14(16)15(13)17/h3-8H,1-2H3. The predicted octanol–water partition coefficient (Wildman–Crippen LogP) is 3.61. The average molecular weight is 274 g/mol. The summed E-state index contributed by atoms with van der Waals surface area (Å²) in [5.74, 6) is -1.57. The van der Waals surface area contributed by atoms with E-state index < -0.39 is 11.6 Å². The van der Waals surface area contributed by atoms with Gasteiger partial charge in [0, 0.05) is 18.8 Å². The van der Waals surface area contributed by atoms with Crippen molar-refractivity contribution in [3.63, 3.8) is 0 Å². The van der Waals surface area contributed by atoms with Crippen LogP contribution in [-0.2, 0) is 0 Å². The molecule has 0 N–H and O–H groups in total. The molecule has 0 spiro atoms. The molecule has 0 amide bonds. The maximum atomic E-state index is 14.0. The maximum Gasteiger partial charge on any atom is 0.183 e. The molecule has 0 heterocycles. The molecule has 5 heteroatoms. The van der Waals surface area contributed by atoms with Crippen molar-refractivity contribution >= 4 is 11.4 Å². The van der Waals surface area contributed by atoms with Crippen LogP contribution in [0.2, 0.25) is 0 Å². The van der Waals surface area contributed by atoms with E-state index in [1.807, 2.05) is 0 Å². The fraction of sp³-hybridized carbons (Fsp3) is 0.133. The number of hydrogen-bond acceptors (Lipinski definition) is 3. The van der Waals surface area contributed by atoms with Gasteiger partial charge in [0.2, 0.25) is 0 Å². The number of benzene rings is 2. The number of halogens is 2. The van der Waals surface area contributed by atoms with Gasteiger partial charge < -0.3 is 9.64 Å². The van der Waals surface area contributed by atoms with E-state index in [0.29, 0.717) is 11.4 Å². The molecule has 0 unspecified atom stereocenters. The molecule has 2 rings (SSSR count). The lowest BCUT2D eigenvalue weighted by Gasteiger charge is -2.21. The highest BCUT2D eigenvalue weighted by atomic mass is 19.2. The van der Waals surface area contributed by atoms with Crippen LogP contribution in [0.25, 0.3) is 0 Å². The second kappa shape index (κ2) is 5.57. The average Bonchev–Trinajstić information content (AvgIpc) is 2.49. The molecule has 0 saturated carbocycles. The lowest BCUT2D eigenvalue weighted by atomic mass is 10.1. The topological polar surface area (TPSA) is 36.3 Å². The monoisotopic (exact) mass is 274 g/mol. The molecular weight excluding hydrogens is 262 g/mol. The second-order valence-electron chi connectivity index (χ2n) is 4.13. The Morgan fingerprint density at radius 1 is 1.15 bits per heavy atom. The summed E-state index contributed by atoms with van der Waals surface area (Å²) in [6.07, 6.45) is 0. The van der Waals surface area contributed by atoms with Crippen molar-refractivity contribution in [2.75, 3.05) is 19.1 Å². The van der Waals surface area contributed by atoms with Crippen molar-refractivity contribution in [3.05, 3.63) is 53.6 Å². The van der Waals surface area contributed by atoms with Crippen LogP contribution in [-0.4, -0.2) is 14.2 Å². The normalized spacial score (nSPS) is 9.95. The zero-order valence-corrected chi connectivity index (χ0v) is 11.0. The van der Waals surface area contributed by atoms with Gasteiger partial charge in [-0.3, -0.25) is 0 Å². The first-order valence-electron chi connectivity index (χ1n) is 5.84. The van der Waals surface area contributed by atoms with E-state index in [2.05, 4.69) is 0 Å². The van der Waals surface area contributed by atoms with Crippen molar-refractivity contribution in [2.45, 2.75) is 0 Å². The predicted molar refractivity (Wildman–Crippen MR) is 72.1 cm³/mol. The minimum Gasteiger partial charge on any atom is -0.497 e. The maximum absolute atomic E-state index is 14.0. The Morgan fingerprint density at radius 3 is 2.55 bits per heavy atom. The van der Waals surface area contributed by atoms with Gasteiger partial charge in [-0.25, -0.2) is 8.78 Å². The minimum absolute atomic E-state index is 0.0507. The number of nitrogens with zero attached hydrogens (tertiary/aromatic N) is 2. The number of hydrogen-bond donors (Lipinski definition) is 0. The molecule has 0 aromatic heterocycles. The van der Waals surface area contributed by atoms with E-state index in [-0.39, 0.29) is 11.3 Å². The summed E-state index contributed by atoms with van der Waals surface area (Å²) in [6.45, 7) is 0. The molecule has 2 aromatic carbocycles. The number of anilines is 2. The smallest absolute Gasteiger partial charge is 0.183 e. The third-order valence-electron chi connectivity index (χ3n) is 2.98. The van der Waals surface area contributed by atoms with E-state index >= 15 is 0 Å². The summed E-state index contributed by atoms with van der Waals surface area (Å²) in [5, 5.41) is 8.67. The Bertz CT molecular complexity index is 680. The molecule has 2 aromatic rings. The summed E-state index contributed by atoms with van der Waals surface area (Å²) in [4.78, 5) is 1.49. The molecule has 0 radical (unpaired) electrons. The van der Waals surface area contributed by atoms with E-state index in [1.54, 1.807) is 37.4 Å². The van der Waals surface area contributed by atoms with Crippen molar-refractivity contribution in [2.24, 2.45) is 0 Å². The largest absolute Gasteiger partial charge is 0.497 e. The molecule has 20 heavy (non-hydrogen) atoms. The minimum atomic E-state index is -1.14. The Labute approximate surface area is 115 Å². The van der Waals surface area contributed by atoms with Crippen LogP contribution in [0.1, 0.15) is 5.56 Å². The Balaban J connectivity index is 2.46. The van der Waals surface area contributed by atoms with E-state index in [4.69, 9.17) is 10.00 Å². The fourth-order valence-electron chi connectivity index (χ4n) is 1.84. The molecular formula is C15H12F2N2O.